The average Bonchev–Trinajstić information content (AvgIpc) is 2.56. The number of anilines is 1. The van der Waals surface area contributed by atoms with Crippen LogP contribution in [-0.4, -0.2) is 23.9 Å². The summed E-state index contributed by atoms with van der Waals surface area (Å²) < 4.78 is 0. The zero-order valence-electron chi connectivity index (χ0n) is 13.3. The van der Waals surface area contributed by atoms with E-state index in [0.717, 1.165) is 41.3 Å². The minimum atomic E-state index is 0.0630. The van der Waals surface area contributed by atoms with E-state index in [9.17, 15) is 4.79 Å². The van der Waals surface area contributed by atoms with Crippen molar-refractivity contribution in [3.8, 4) is 0 Å². The number of rotatable bonds is 3. The van der Waals surface area contributed by atoms with Crippen LogP contribution < -0.4 is 4.90 Å². The predicted molar refractivity (Wildman–Crippen MR) is 89.6 cm³/mol. The van der Waals surface area contributed by atoms with E-state index < -0.39 is 0 Å². The van der Waals surface area contributed by atoms with Crippen LogP contribution in [0.3, 0.4) is 0 Å². The number of aromatic nitrogens is 1. The normalized spacial score (nSPS) is 14.9. The molecule has 2 heterocycles. The lowest BCUT2D eigenvalue weighted by atomic mass is 10.0. The molecule has 2 aromatic rings. The number of hydrogen-bond donors (Lipinski definition) is 0. The molecule has 0 atom stereocenters. The molecular formula is C19H22N2O. The first-order valence-electron chi connectivity index (χ1n) is 7.99. The van der Waals surface area contributed by atoms with Gasteiger partial charge in [-0.05, 0) is 45.2 Å². The number of benzene rings is 1. The van der Waals surface area contributed by atoms with Crippen molar-refractivity contribution in [1.82, 2.24) is 4.98 Å². The standard InChI is InChI=1S/C19H22N2O/c1-14-6-9-16(10-7-14)18(22)17-11-8-15(2)20-19(17)21-12-4-3-5-13-21/h6-11H,3-5,12-13H2,1-2H3. The molecule has 3 nitrogen and oxygen atoms in total. The van der Waals surface area contributed by atoms with Crippen LogP contribution in [0.1, 0.15) is 46.4 Å². The smallest absolute Gasteiger partial charge is 0.196 e. The number of carbonyl (C=O) groups excluding carboxylic acids is 1. The van der Waals surface area contributed by atoms with E-state index in [-0.39, 0.29) is 5.78 Å². The molecule has 3 rings (SSSR count). The SMILES string of the molecule is Cc1ccc(C(=O)c2ccc(C)nc2N2CCCCC2)cc1. The van der Waals surface area contributed by atoms with Crippen molar-refractivity contribution < 1.29 is 4.79 Å². The highest BCUT2D eigenvalue weighted by atomic mass is 16.1. The molecule has 1 aromatic carbocycles. The highest BCUT2D eigenvalue weighted by Crippen LogP contribution is 2.25. The zero-order chi connectivity index (χ0) is 15.5. The molecule has 0 radical (unpaired) electrons. The van der Waals surface area contributed by atoms with Crippen LogP contribution in [0, 0.1) is 13.8 Å². The Hall–Kier alpha value is -2.16. The molecule has 22 heavy (non-hydrogen) atoms. The van der Waals surface area contributed by atoms with Crippen LogP contribution in [0.15, 0.2) is 36.4 Å². The lowest BCUT2D eigenvalue weighted by molar-refractivity contribution is 0.103. The zero-order valence-corrected chi connectivity index (χ0v) is 13.3. The number of carbonyl (C=O) groups is 1. The predicted octanol–water partition coefficient (Wildman–Crippen LogP) is 3.92. The fourth-order valence-corrected chi connectivity index (χ4v) is 2.93. The number of hydrogen-bond acceptors (Lipinski definition) is 3. The molecule has 0 N–H and O–H groups in total. The summed E-state index contributed by atoms with van der Waals surface area (Å²) >= 11 is 0. The minimum absolute atomic E-state index is 0.0630. The Balaban J connectivity index is 1.98. The fourth-order valence-electron chi connectivity index (χ4n) is 2.93. The fraction of sp³-hybridized carbons (Fsp3) is 0.368. The van der Waals surface area contributed by atoms with Crippen molar-refractivity contribution in [2.45, 2.75) is 33.1 Å². The largest absolute Gasteiger partial charge is 0.356 e. The van der Waals surface area contributed by atoms with Gasteiger partial charge < -0.3 is 4.90 Å². The van der Waals surface area contributed by atoms with Crippen molar-refractivity contribution in [3.05, 3.63) is 58.8 Å². The van der Waals surface area contributed by atoms with Gasteiger partial charge in [0.25, 0.3) is 0 Å². The van der Waals surface area contributed by atoms with Gasteiger partial charge in [0, 0.05) is 24.3 Å². The number of pyridine rings is 1. The Morgan fingerprint density at radius 1 is 0.955 bits per heavy atom. The monoisotopic (exact) mass is 294 g/mol. The third-order valence-electron chi connectivity index (χ3n) is 4.23. The molecule has 0 spiro atoms. The summed E-state index contributed by atoms with van der Waals surface area (Å²) in [5.41, 5.74) is 3.57. The maximum absolute atomic E-state index is 12.9. The molecular weight excluding hydrogens is 272 g/mol. The molecule has 1 aromatic heterocycles. The second-order valence-electron chi connectivity index (χ2n) is 6.07. The molecule has 1 aliphatic rings. The first-order chi connectivity index (χ1) is 10.6. The van der Waals surface area contributed by atoms with Crippen LogP contribution in [-0.2, 0) is 0 Å². The topological polar surface area (TPSA) is 33.2 Å². The van der Waals surface area contributed by atoms with E-state index in [2.05, 4.69) is 9.88 Å². The van der Waals surface area contributed by atoms with Crippen molar-refractivity contribution in [2.75, 3.05) is 18.0 Å². The van der Waals surface area contributed by atoms with Gasteiger partial charge in [0.15, 0.2) is 5.78 Å². The highest BCUT2D eigenvalue weighted by molar-refractivity contribution is 6.12. The lowest BCUT2D eigenvalue weighted by Gasteiger charge is -2.29. The maximum atomic E-state index is 12.9. The summed E-state index contributed by atoms with van der Waals surface area (Å²) in [5, 5.41) is 0. The molecule has 1 aliphatic heterocycles. The second kappa shape index (κ2) is 6.30. The summed E-state index contributed by atoms with van der Waals surface area (Å²) in [7, 11) is 0. The molecule has 3 heteroatoms. The molecule has 0 saturated carbocycles. The summed E-state index contributed by atoms with van der Waals surface area (Å²) in [5.74, 6) is 0.915. The van der Waals surface area contributed by atoms with E-state index in [1.807, 2.05) is 50.2 Å². The van der Waals surface area contributed by atoms with Gasteiger partial charge in [-0.25, -0.2) is 4.98 Å². The van der Waals surface area contributed by atoms with Gasteiger partial charge in [0.2, 0.25) is 0 Å². The molecule has 1 fully saturated rings. The van der Waals surface area contributed by atoms with E-state index in [4.69, 9.17) is 0 Å². The van der Waals surface area contributed by atoms with Crippen LogP contribution in [0.25, 0.3) is 0 Å². The maximum Gasteiger partial charge on any atom is 0.196 e. The molecule has 0 amide bonds. The third kappa shape index (κ3) is 3.03. The first kappa shape index (κ1) is 14.8. The van der Waals surface area contributed by atoms with Crippen LogP contribution in [0.4, 0.5) is 5.82 Å². The number of aryl methyl sites for hydroxylation is 2. The van der Waals surface area contributed by atoms with Crippen molar-refractivity contribution >= 4 is 11.6 Å². The summed E-state index contributed by atoms with van der Waals surface area (Å²) in [6, 6.07) is 11.6. The Morgan fingerprint density at radius 3 is 2.32 bits per heavy atom. The van der Waals surface area contributed by atoms with Gasteiger partial charge in [-0.2, -0.15) is 0 Å². The van der Waals surface area contributed by atoms with Crippen molar-refractivity contribution in [2.24, 2.45) is 0 Å². The van der Waals surface area contributed by atoms with Gasteiger partial charge >= 0.3 is 0 Å². The van der Waals surface area contributed by atoms with E-state index >= 15 is 0 Å². The van der Waals surface area contributed by atoms with Gasteiger partial charge in [-0.15, -0.1) is 0 Å². The van der Waals surface area contributed by atoms with Gasteiger partial charge in [-0.3, -0.25) is 4.79 Å². The Kier molecular flexibility index (Phi) is 4.23. The molecule has 114 valence electrons. The number of ketones is 1. The second-order valence-corrected chi connectivity index (χ2v) is 6.07. The quantitative estimate of drug-likeness (QED) is 0.804. The number of nitrogens with zero attached hydrogens (tertiary/aromatic N) is 2. The molecule has 0 aliphatic carbocycles. The third-order valence-corrected chi connectivity index (χ3v) is 4.23. The highest BCUT2D eigenvalue weighted by Gasteiger charge is 2.21. The van der Waals surface area contributed by atoms with Crippen molar-refractivity contribution in [3.63, 3.8) is 0 Å². The van der Waals surface area contributed by atoms with Crippen LogP contribution in [0.5, 0.6) is 0 Å². The molecule has 1 saturated heterocycles. The van der Waals surface area contributed by atoms with Gasteiger partial charge in [0.05, 0.1) is 5.56 Å². The first-order valence-corrected chi connectivity index (χ1v) is 7.99. The Bertz CT molecular complexity index is 670. The van der Waals surface area contributed by atoms with E-state index in [1.165, 1.54) is 19.3 Å². The number of piperidine rings is 1. The Labute approximate surface area is 132 Å². The Morgan fingerprint density at radius 2 is 1.64 bits per heavy atom. The van der Waals surface area contributed by atoms with Crippen LogP contribution in [0.2, 0.25) is 0 Å². The summed E-state index contributed by atoms with van der Waals surface area (Å²) in [6.07, 6.45) is 3.62. The van der Waals surface area contributed by atoms with Crippen molar-refractivity contribution in [1.29, 1.82) is 0 Å². The average molecular weight is 294 g/mol. The lowest BCUT2D eigenvalue weighted by Crippen LogP contribution is -2.31. The molecule has 0 bridgehead atoms. The van der Waals surface area contributed by atoms with Gasteiger partial charge in [-0.1, -0.05) is 29.8 Å². The van der Waals surface area contributed by atoms with Gasteiger partial charge in [0.1, 0.15) is 5.82 Å². The summed E-state index contributed by atoms with van der Waals surface area (Å²) in [4.78, 5) is 19.8. The van der Waals surface area contributed by atoms with Crippen LogP contribution >= 0.6 is 0 Å². The summed E-state index contributed by atoms with van der Waals surface area (Å²) in [6.45, 7) is 5.99. The minimum Gasteiger partial charge on any atom is -0.356 e. The van der Waals surface area contributed by atoms with E-state index in [1.54, 1.807) is 0 Å². The van der Waals surface area contributed by atoms with E-state index in [0.29, 0.717) is 0 Å². The molecule has 0 unspecified atom stereocenters.